The van der Waals surface area contributed by atoms with Gasteiger partial charge >= 0.3 is 6.03 Å². The normalized spacial score (nSPS) is 10.2. The van der Waals surface area contributed by atoms with E-state index in [1.54, 1.807) is 3.71 Å². The van der Waals surface area contributed by atoms with Crippen molar-refractivity contribution in [2.45, 2.75) is 46.5 Å². The Kier molecular flexibility index (Phi) is 11.9. The fourth-order valence-corrected chi connectivity index (χ4v) is 3.64. The minimum absolute atomic E-state index is 0.102. The van der Waals surface area contributed by atoms with Crippen molar-refractivity contribution in [1.29, 1.82) is 5.41 Å². The Morgan fingerprint density at radius 2 is 1.60 bits per heavy atom. The van der Waals surface area contributed by atoms with Crippen LogP contribution in [0.4, 0.5) is 4.79 Å². The molecule has 0 atom stereocenters. The molecule has 20 heavy (non-hydrogen) atoms. The van der Waals surface area contributed by atoms with E-state index in [9.17, 15) is 4.79 Å². The number of nitrogens with zero attached hydrogens (tertiary/aromatic N) is 2. The highest BCUT2D eigenvalue weighted by atomic mass is 32.2. The van der Waals surface area contributed by atoms with Crippen LogP contribution in [-0.4, -0.2) is 45.8 Å². The number of rotatable bonds is 9. The number of amidine groups is 1. The van der Waals surface area contributed by atoms with Gasteiger partial charge in [-0.15, -0.1) is 0 Å². The molecule has 1 N–H and O–H groups in total. The molecule has 0 aromatic carbocycles. The average Bonchev–Trinajstić information content (AvgIpc) is 2.46. The number of carbonyl (C=O) groups excluding carboxylic acids is 1. The van der Waals surface area contributed by atoms with Crippen LogP contribution in [0.1, 0.15) is 46.5 Å². The molecule has 0 aliphatic carbocycles. The first-order chi connectivity index (χ1) is 9.62. The molecule has 0 fully saturated rings. The maximum atomic E-state index is 12.5. The second kappa shape index (κ2) is 12.2. The van der Waals surface area contributed by atoms with Crippen molar-refractivity contribution in [2.24, 2.45) is 0 Å². The Morgan fingerprint density at radius 1 is 1.10 bits per heavy atom. The van der Waals surface area contributed by atoms with Crippen molar-refractivity contribution < 1.29 is 9.53 Å². The van der Waals surface area contributed by atoms with Crippen molar-refractivity contribution >= 4 is 35.9 Å². The van der Waals surface area contributed by atoms with Crippen LogP contribution in [0.25, 0.3) is 0 Å². The first kappa shape index (κ1) is 19.4. The van der Waals surface area contributed by atoms with Gasteiger partial charge in [0.2, 0.25) is 0 Å². The number of amides is 2. The second-order valence-electron chi connectivity index (χ2n) is 4.17. The zero-order valence-corrected chi connectivity index (χ0v) is 14.6. The zero-order chi connectivity index (χ0) is 15.4. The molecule has 0 aromatic rings. The molecule has 0 spiro atoms. The SMILES string of the molecule is CCCCSN(SCCCC)C(=O)N(CC)C(=N)OC. The summed E-state index contributed by atoms with van der Waals surface area (Å²) in [4.78, 5) is 13.8. The lowest BCUT2D eigenvalue weighted by Crippen LogP contribution is -2.41. The molecule has 5 nitrogen and oxygen atoms in total. The lowest BCUT2D eigenvalue weighted by molar-refractivity contribution is 0.206. The summed E-state index contributed by atoms with van der Waals surface area (Å²) >= 11 is 3.06. The smallest absolute Gasteiger partial charge is 0.348 e. The first-order valence-electron chi connectivity index (χ1n) is 7.12. The van der Waals surface area contributed by atoms with Gasteiger partial charge in [-0.3, -0.25) is 5.41 Å². The maximum absolute atomic E-state index is 12.5. The highest BCUT2D eigenvalue weighted by Crippen LogP contribution is 2.26. The summed E-state index contributed by atoms with van der Waals surface area (Å²) in [5.74, 6) is 1.83. The summed E-state index contributed by atoms with van der Waals surface area (Å²) in [5, 5.41) is 7.68. The predicted octanol–water partition coefficient (Wildman–Crippen LogP) is 4.21. The highest BCUT2D eigenvalue weighted by molar-refractivity contribution is 8.12. The number of nitrogens with one attached hydrogen (secondary N) is 1. The number of carbonyl (C=O) groups is 1. The lowest BCUT2D eigenvalue weighted by atomic mass is 10.4. The quantitative estimate of drug-likeness (QED) is 0.299. The van der Waals surface area contributed by atoms with E-state index in [4.69, 9.17) is 10.1 Å². The molecule has 0 saturated carbocycles. The average molecular weight is 322 g/mol. The van der Waals surface area contributed by atoms with Crippen LogP contribution in [-0.2, 0) is 4.74 Å². The molecule has 7 heteroatoms. The molecule has 0 aromatic heterocycles. The molecule has 0 heterocycles. The third-order valence-electron chi connectivity index (χ3n) is 2.55. The van der Waals surface area contributed by atoms with E-state index >= 15 is 0 Å². The van der Waals surface area contributed by atoms with Gasteiger partial charge in [-0.1, -0.05) is 26.7 Å². The van der Waals surface area contributed by atoms with Crippen LogP contribution in [0, 0.1) is 5.41 Å². The minimum Gasteiger partial charge on any atom is -0.468 e. The van der Waals surface area contributed by atoms with Gasteiger partial charge in [0.05, 0.1) is 7.11 Å². The van der Waals surface area contributed by atoms with Crippen molar-refractivity contribution in [2.75, 3.05) is 25.2 Å². The van der Waals surface area contributed by atoms with E-state index in [2.05, 4.69) is 13.8 Å². The molecule has 118 valence electrons. The molecule has 2 amide bonds. The van der Waals surface area contributed by atoms with Crippen LogP contribution >= 0.6 is 23.9 Å². The lowest BCUT2D eigenvalue weighted by Gasteiger charge is -2.27. The summed E-state index contributed by atoms with van der Waals surface area (Å²) < 4.78 is 6.57. The van der Waals surface area contributed by atoms with Crippen LogP contribution in [0.3, 0.4) is 0 Å². The number of ether oxygens (including phenoxy) is 1. The number of methoxy groups -OCH3 is 1. The van der Waals surface area contributed by atoms with Crippen LogP contribution < -0.4 is 0 Å². The fourth-order valence-electron chi connectivity index (χ4n) is 1.31. The largest absolute Gasteiger partial charge is 0.468 e. The van der Waals surface area contributed by atoms with Gasteiger partial charge in [-0.2, -0.15) is 0 Å². The summed E-state index contributed by atoms with van der Waals surface area (Å²) in [5.41, 5.74) is 0. The Morgan fingerprint density at radius 3 is 1.95 bits per heavy atom. The number of unbranched alkanes of at least 4 members (excludes halogenated alkanes) is 2. The van der Waals surface area contributed by atoms with Crippen molar-refractivity contribution in [3.63, 3.8) is 0 Å². The van der Waals surface area contributed by atoms with Crippen LogP contribution in [0.15, 0.2) is 0 Å². The summed E-state index contributed by atoms with van der Waals surface area (Å²) in [7, 11) is 1.41. The molecule has 0 radical (unpaired) electrons. The van der Waals surface area contributed by atoms with Crippen LogP contribution in [0.5, 0.6) is 0 Å². The van der Waals surface area contributed by atoms with E-state index < -0.39 is 0 Å². The Hall–Kier alpha value is -0.560. The Bertz CT molecular complexity index is 281. The van der Waals surface area contributed by atoms with Gasteiger partial charge in [0.15, 0.2) is 0 Å². The summed E-state index contributed by atoms with van der Waals surface area (Å²) in [6.45, 7) is 6.55. The van der Waals surface area contributed by atoms with Gasteiger partial charge in [0.1, 0.15) is 0 Å². The standard InChI is InChI=1S/C13H27N3O2S2/c1-5-8-10-19-16(20-11-9-6-2)13(17)15(7-3)12(14)18-4/h14H,5-11H2,1-4H3. The van der Waals surface area contributed by atoms with Crippen molar-refractivity contribution in [3.05, 3.63) is 0 Å². The molecular weight excluding hydrogens is 294 g/mol. The van der Waals surface area contributed by atoms with Crippen LogP contribution in [0.2, 0.25) is 0 Å². The van der Waals surface area contributed by atoms with Gasteiger partial charge in [0.25, 0.3) is 6.02 Å². The van der Waals surface area contributed by atoms with E-state index in [-0.39, 0.29) is 12.1 Å². The predicted molar refractivity (Wildman–Crippen MR) is 89.1 cm³/mol. The van der Waals surface area contributed by atoms with E-state index in [0.717, 1.165) is 37.2 Å². The zero-order valence-electron chi connectivity index (χ0n) is 13.0. The molecule has 0 rings (SSSR count). The van der Waals surface area contributed by atoms with Gasteiger partial charge < -0.3 is 4.74 Å². The first-order valence-corrected chi connectivity index (χ1v) is 9.00. The molecule has 0 saturated heterocycles. The molecule has 0 bridgehead atoms. The van der Waals surface area contributed by atoms with E-state index in [0.29, 0.717) is 6.54 Å². The second-order valence-corrected chi connectivity index (χ2v) is 6.46. The fraction of sp³-hybridized carbons (Fsp3) is 0.846. The van der Waals surface area contributed by atoms with E-state index in [1.165, 1.54) is 35.9 Å². The van der Waals surface area contributed by atoms with E-state index in [1.807, 2.05) is 6.92 Å². The molecular formula is C13H27N3O2S2. The highest BCUT2D eigenvalue weighted by Gasteiger charge is 2.24. The Balaban J connectivity index is 4.60. The number of hydrogen-bond donors (Lipinski definition) is 1. The molecule has 0 aliphatic rings. The molecule has 0 unspecified atom stereocenters. The van der Waals surface area contributed by atoms with Crippen molar-refractivity contribution in [1.82, 2.24) is 8.61 Å². The number of hydrogen-bond acceptors (Lipinski definition) is 5. The van der Waals surface area contributed by atoms with Crippen molar-refractivity contribution in [3.8, 4) is 0 Å². The Labute approximate surface area is 131 Å². The summed E-state index contributed by atoms with van der Waals surface area (Å²) in [6, 6.07) is -0.281. The minimum atomic E-state index is -0.179. The van der Waals surface area contributed by atoms with Gasteiger partial charge in [0, 0.05) is 18.1 Å². The van der Waals surface area contributed by atoms with Gasteiger partial charge in [-0.05, 0) is 43.7 Å². The number of urea groups is 1. The monoisotopic (exact) mass is 321 g/mol. The molecule has 0 aliphatic heterocycles. The van der Waals surface area contributed by atoms with Gasteiger partial charge in [-0.25, -0.2) is 13.4 Å². The maximum Gasteiger partial charge on any atom is 0.348 e. The topological polar surface area (TPSA) is 56.6 Å². The third kappa shape index (κ3) is 7.28. The third-order valence-corrected chi connectivity index (χ3v) is 4.91. The summed E-state index contributed by atoms with van der Waals surface area (Å²) in [6.07, 6.45) is 4.38.